The van der Waals surface area contributed by atoms with Gasteiger partial charge in [-0.2, -0.15) is 0 Å². The fourth-order valence-electron chi connectivity index (χ4n) is 2.85. The van der Waals surface area contributed by atoms with Crippen molar-refractivity contribution in [3.05, 3.63) is 82.3 Å². The lowest BCUT2D eigenvalue weighted by atomic mass is 10.1. The molecule has 0 saturated carbocycles. The minimum absolute atomic E-state index is 0.636. The first-order valence-electron chi connectivity index (χ1n) is 8.44. The maximum atomic E-state index is 6.24. The Bertz CT molecular complexity index is 1070. The van der Waals surface area contributed by atoms with Crippen molar-refractivity contribution in [2.24, 2.45) is 0 Å². The highest BCUT2D eigenvalue weighted by Crippen LogP contribution is 2.22. The van der Waals surface area contributed by atoms with Crippen LogP contribution in [0.25, 0.3) is 5.78 Å². The van der Waals surface area contributed by atoms with Crippen LogP contribution in [0.5, 0.6) is 0 Å². The summed E-state index contributed by atoms with van der Waals surface area (Å²) in [5, 5.41) is 7.47. The van der Waals surface area contributed by atoms with Crippen LogP contribution in [0, 0.1) is 13.8 Å². The Morgan fingerprint density at radius 3 is 2.62 bits per heavy atom. The van der Waals surface area contributed by atoms with E-state index in [1.807, 2.05) is 60.8 Å². The number of anilines is 2. The minimum atomic E-state index is 0.636. The number of benzene rings is 2. The normalized spacial score (nSPS) is 11.0. The Morgan fingerprint density at radius 2 is 1.85 bits per heavy atom. The highest BCUT2D eigenvalue weighted by atomic mass is 35.5. The van der Waals surface area contributed by atoms with Crippen LogP contribution < -0.4 is 9.83 Å². The molecule has 0 spiro atoms. The largest absolute Gasteiger partial charge is 0.408 e. The molecule has 0 aliphatic rings. The molecule has 0 unspecified atom stereocenters. The summed E-state index contributed by atoms with van der Waals surface area (Å²) >= 11 is 6.24. The van der Waals surface area contributed by atoms with Crippen molar-refractivity contribution in [3.8, 4) is 0 Å². The van der Waals surface area contributed by atoms with Gasteiger partial charge in [-0.05, 0) is 37.1 Å². The molecule has 0 radical (unpaired) electrons. The van der Waals surface area contributed by atoms with E-state index in [0.29, 0.717) is 5.78 Å². The van der Waals surface area contributed by atoms with Gasteiger partial charge in [-0.15, -0.1) is 9.50 Å². The number of fused-ring (bicyclic) bond motifs is 1. The van der Waals surface area contributed by atoms with Crippen LogP contribution in [0.2, 0.25) is 5.02 Å². The van der Waals surface area contributed by atoms with E-state index in [9.17, 15) is 0 Å². The van der Waals surface area contributed by atoms with Gasteiger partial charge in [-0.25, -0.2) is 5.10 Å². The predicted molar refractivity (Wildman–Crippen MR) is 103 cm³/mol. The van der Waals surface area contributed by atoms with Crippen molar-refractivity contribution in [1.29, 1.82) is 0 Å². The second-order valence-corrected chi connectivity index (χ2v) is 6.75. The van der Waals surface area contributed by atoms with Crippen molar-refractivity contribution < 1.29 is 4.52 Å². The Balaban J connectivity index is 1.71. The first-order chi connectivity index (χ1) is 12.6. The average Bonchev–Trinajstić information content (AvgIpc) is 3.01. The highest BCUT2D eigenvalue weighted by Gasteiger charge is 2.17. The Kier molecular flexibility index (Phi) is 4.31. The second-order valence-electron chi connectivity index (χ2n) is 6.34. The highest BCUT2D eigenvalue weighted by molar-refractivity contribution is 6.31. The summed E-state index contributed by atoms with van der Waals surface area (Å²) in [7, 11) is 0. The maximum Gasteiger partial charge on any atom is 0.408 e. The number of halogens is 1. The van der Waals surface area contributed by atoms with E-state index in [2.05, 4.69) is 32.5 Å². The number of nitrogens with one attached hydrogen (secondary N) is 2. The van der Waals surface area contributed by atoms with Gasteiger partial charge in [-0.1, -0.05) is 53.0 Å². The zero-order chi connectivity index (χ0) is 18.1. The molecule has 4 rings (SSSR count). The summed E-state index contributed by atoms with van der Waals surface area (Å²) in [4.78, 5) is 9.16. The van der Waals surface area contributed by atoms with Crippen LogP contribution in [0.4, 0.5) is 11.5 Å². The van der Waals surface area contributed by atoms with E-state index in [-0.39, 0.29) is 0 Å². The number of rotatable bonds is 4. The van der Waals surface area contributed by atoms with Crippen molar-refractivity contribution >= 4 is 28.9 Å². The summed E-state index contributed by atoms with van der Waals surface area (Å²) < 4.78 is 1.86. The van der Waals surface area contributed by atoms with E-state index in [1.54, 1.807) is 0 Å². The third-order valence-electron chi connectivity index (χ3n) is 4.20. The summed E-state index contributed by atoms with van der Waals surface area (Å²) in [6, 6.07) is 18.1. The van der Waals surface area contributed by atoms with Crippen molar-refractivity contribution in [2.75, 3.05) is 5.32 Å². The fraction of sp³-hybridized carbons (Fsp3) is 0.150. The van der Waals surface area contributed by atoms with E-state index in [0.717, 1.165) is 40.0 Å². The lowest BCUT2D eigenvalue weighted by Crippen LogP contribution is -2.29. The molecule has 0 aliphatic heterocycles. The summed E-state index contributed by atoms with van der Waals surface area (Å²) in [5.74, 6) is 2.36. The molecule has 6 heteroatoms. The van der Waals surface area contributed by atoms with E-state index >= 15 is 0 Å². The van der Waals surface area contributed by atoms with Crippen LogP contribution in [-0.4, -0.2) is 15.1 Å². The quantitative estimate of drug-likeness (QED) is 0.535. The zero-order valence-electron chi connectivity index (χ0n) is 14.6. The lowest BCUT2D eigenvalue weighted by Gasteiger charge is -2.05. The van der Waals surface area contributed by atoms with Crippen molar-refractivity contribution in [2.45, 2.75) is 20.3 Å². The number of aryl methyl sites for hydroxylation is 2. The topological polar surface area (TPSA) is 57.7 Å². The zero-order valence-corrected chi connectivity index (χ0v) is 15.4. The monoisotopic (exact) mass is 364 g/mol. The molecule has 2 N–H and O–H groups in total. The van der Waals surface area contributed by atoms with Gasteiger partial charge in [0.1, 0.15) is 5.69 Å². The summed E-state index contributed by atoms with van der Waals surface area (Å²) in [6.45, 7) is 3.94. The van der Waals surface area contributed by atoms with Crippen LogP contribution in [0.3, 0.4) is 0 Å². The van der Waals surface area contributed by atoms with Gasteiger partial charge in [0, 0.05) is 17.5 Å². The van der Waals surface area contributed by atoms with Crippen LogP contribution in [0.15, 0.2) is 54.6 Å². The molecule has 0 aliphatic carbocycles. The molecule has 2 heterocycles. The van der Waals surface area contributed by atoms with Crippen LogP contribution in [0.1, 0.15) is 22.6 Å². The number of H-pyrrole nitrogens is 1. The summed E-state index contributed by atoms with van der Waals surface area (Å²) in [6.07, 6.45) is 0.721. The number of nitrogens with zero attached hydrogens (tertiary/aromatic N) is 3. The molecule has 4 aromatic rings. The first kappa shape index (κ1) is 16.5. The molecule has 0 atom stereocenters. The molecular weight excluding hydrogens is 346 g/mol. The van der Waals surface area contributed by atoms with Gasteiger partial charge in [-0.3, -0.25) is 5.32 Å². The SMILES string of the molecule is Cc1cc(Nc2ccc(C)c(Cl)c2)[n+]2[nH]c(Cc3ccccc3)nc2n1. The number of hydrogen-bond donors (Lipinski definition) is 2. The Labute approximate surface area is 156 Å². The molecule has 0 bridgehead atoms. The molecular formula is C20H19ClN5+. The fourth-order valence-corrected chi connectivity index (χ4v) is 3.03. The number of aromatic amines is 1. The Morgan fingerprint density at radius 1 is 1.04 bits per heavy atom. The maximum absolute atomic E-state index is 6.24. The third-order valence-corrected chi connectivity index (χ3v) is 4.60. The molecule has 5 nitrogen and oxygen atoms in total. The third kappa shape index (κ3) is 3.39. The van der Waals surface area contributed by atoms with Gasteiger partial charge < -0.3 is 0 Å². The molecule has 2 aromatic carbocycles. The molecule has 2 aromatic heterocycles. The first-order valence-corrected chi connectivity index (χ1v) is 8.82. The van der Waals surface area contributed by atoms with Gasteiger partial charge >= 0.3 is 5.78 Å². The van der Waals surface area contributed by atoms with Crippen LogP contribution in [-0.2, 0) is 6.42 Å². The number of hydrogen-bond acceptors (Lipinski definition) is 3. The Hall–Kier alpha value is -2.92. The van der Waals surface area contributed by atoms with E-state index < -0.39 is 0 Å². The van der Waals surface area contributed by atoms with Gasteiger partial charge in [0.25, 0.3) is 0 Å². The molecule has 0 saturated heterocycles. The van der Waals surface area contributed by atoms with Crippen molar-refractivity contribution in [1.82, 2.24) is 15.1 Å². The predicted octanol–water partition coefficient (Wildman–Crippen LogP) is 4.15. The number of aromatic nitrogens is 4. The van der Waals surface area contributed by atoms with Gasteiger partial charge in [0.2, 0.25) is 5.82 Å². The average molecular weight is 365 g/mol. The standard InChI is InChI=1S/C20H18ClN5/c1-13-8-9-16(12-17(13)21)23-19-10-14(2)22-20-24-18(25-26(19)20)11-15-6-4-3-5-7-15/h3-10,12H,11H2,1-2H3,(H,22,23,24,25)/p+1. The van der Waals surface area contributed by atoms with E-state index in [4.69, 9.17) is 11.6 Å². The van der Waals surface area contributed by atoms with Crippen LogP contribution >= 0.6 is 11.6 Å². The van der Waals surface area contributed by atoms with Crippen molar-refractivity contribution in [3.63, 3.8) is 0 Å². The van der Waals surface area contributed by atoms with Gasteiger partial charge in [0.05, 0.1) is 5.69 Å². The summed E-state index contributed by atoms with van der Waals surface area (Å²) in [5.41, 5.74) is 4.05. The molecule has 0 amide bonds. The smallest absolute Gasteiger partial charge is 0.288 e. The lowest BCUT2D eigenvalue weighted by molar-refractivity contribution is -0.565. The molecule has 0 fully saturated rings. The van der Waals surface area contributed by atoms with Gasteiger partial charge in [0.15, 0.2) is 5.82 Å². The molecule has 130 valence electrons. The van der Waals surface area contributed by atoms with E-state index in [1.165, 1.54) is 5.56 Å². The minimum Gasteiger partial charge on any atom is -0.288 e. The second kappa shape index (κ2) is 6.77. The molecule has 26 heavy (non-hydrogen) atoms.